The summed E-state index contributed by atoms with van der Waals surface area (Å²) < 4.78 is 262. The van der Waals surface area contributed by atoms with Gasteiger partial charge in [0.2, 0.25) is 5.95 Å². The van der Waals surface area contributed by atoms with Crippen molar-refractivity contribution in [1.82, 2.24) is 19.9 Å². The molecule has 0 aromatic carbocycles. The van der Waals surface area contributed by atoms with Crippen molar-refractivity contribution in [3.63, 3.8) is 0 Å². The molecule has 4 aromatic heterocycles. The van der Waals surface area contributed by atoms with E-state index in [0.29, 0.717) is 27.3 Å². The topological polar surface area (TPSA) is 155 Å². The number of hydrogen-bond donors (Lipinski definition) is 1. The minimum Gasteiger partial charge on any atom is -0.460 e. The van der Waals surface area contributed by atoms with Crippen molar-refractivity contribution < 1.29 is 122 Å². The second kappa shape index (κ2) is 29.3. The highest BCUT2D eigenvalue weighted by atomic mass is 79.9. The zero-order chi connectivity index (χ0) is 71.5. The second-order valence-electron chi connectivity index (χ2n) is 25.1. The molecule has 3 aliphatic heterocycles. The Hall–Kier alpha value is -3.84. The number of rotatable bonds is 8. The molecule has 0 aliphatic carbocycles. The van der Waals surface area contributed by atoms with Crippen LogP contribution in [0.5, 0.6) is 17.6 Å². The lowest BCUT2D eigenvalue weighted by Crippen LogP contribution is -2.45. The second-order valence-corrected chi connectivity index (χ2v) is 27.8. The summed E-state index contributed by atoms with van der Waals surface area (Å²) in [4.78, 5) is 13.6. The summed E-state index contributed by atoms with van der Waals surface area (Å²) in [6, 6.07) is 3.99. The zero-order valence-corrected chi connectivity index (χ0v) is 57.6. The lowest BCUT2D eigenvalue weighted by molar-refractivity contribution is -0.245. The average Bonchev–Trinajstić information content (AvgIpc) is 1.62. The van der Waals surface area contributed by atoms with Gasteiger partial charge in [0.05, 0.1) is 33.6 Å². The minimum atomic E-state index is -4.66. The molecular weight excluding hydrogens is 1460 g/mol. The van der Waals surface area contributed by atoms with Gasteiger partial charge in [0.15, 0.2) is 45.7 Å². The van der Waals surface area contributed by atoms with Crippen molar-refractivity contribution in [3.8, 4) is 17.6 Å². The van der Waals surface area contributed by atoms with Crippen molar-refractivity contribution >= 4 is 74.4 Å². The predicted octanol–water partition coefficient (Wildman–Crippen LogP) is 16.3. The van der Waals surface area contributed by atoms with E-state index in [9.17, 15) is 74.6 Å². The van der Waals surface area contributed by atoms with E-state index in [0.717, 1.165) is 78.2 Å². The van der Waals surface area contributed by atoms with Gasteiger partial charge in [-0.3, -0.25) is 0 Å². The summed E-state index contributed by atoms with van der Waals surface area (Å²) in [5.74, 6) is -7.01. The molecule has 91 heavy (non-hydrogen) atoms. The molecule has 514 valence electrons. The van der Waals surface area contributed by atoms with E-state index in [-0.39, 0.29) is 27.9 Å². The Morgan fingerprint density at radius 3 is 0.824 bits per heavy atom. The maximum Gasteiger partial charge on any atom is 0.496 e. The number of nitrogens with zero attached hydrogens (tertiary/aromatic N) is 4. The van der Waals surface area contributed by atoms with Crippen LogP contribution >= 0.6 is 47.8 Å². The molecule has 1 N–H and O–H groups in total. The van der Waals surface area contributed by atoms with Crippen LogP contribution < -0.4 is 19.7 Å². The highest BCUT2D eigenvalue weighted by Gasteiger charge is 2.64. The van der Waals surface area contributed by atoms with E-state index in [2.05, 4.69) is 77.2 Å². The molecule has 14 nitrogen and oxygen atoms in total. The summed E-state index contributed by atoms with van der Waals surface area (Å²) in [5, 5.41) is 8.23. The molecule has 0 spiro atoms. The van der Waals surface area contributed by atoms with Gasteiger partial charge >= 0.3 is 45.8 Å². The van der Waals surface area contributed by atoms with E-state index < -0.39 is 126 Å². The third kappa shape index (κ3) is 22.6. The van der Waals surface area contributed by atoms with Crippen LogP contribution in [0.2, 0.25) is 0 Å². The number of aromatic nitrogens is 4. The molecule has 4 aromatic rings. The lowest BCUT2D eigenvalue weighted by atomic mass is 9.49. The quantitative estimate of drug-likeness (QED) is 0.101. The van der Waals surface area contributed by atoms with Crippen LogP contribution in [0.25, 0.3) is 0 Å². The molecular formula is C54H69B3Br3F17N4O10. The largest absolute Gasteiger partial charge is 0.496 e. The molecule has 3 fully saturated rings. The van der Waals surface area contributed by atoms with Crippen molar-refractivity contribution in [2.24, 2.45) is 0 Å². The molecule has 7 rings (SSSR count). The Balaban J connectivity index is 0.000000385. The van der Waals surface area contributed by atoms with Gasteiger partial charge < -0.3 is 47.2 Å². The fourth-order valence-corrected chi connectivity index (χ4v) is 6.78. The Kier molecular flexibility index (Phi) is 26.8. The first kappa shape index (κ1) is 83.3. The Morgan fingerprint density at radius 1 is 0.374 bits per heavy atom. The third-order valence-corrected chi connectivity index (χ3v) is 15.5. The average molecular weight is 1530 g/mol. The van der Waals surface area contributed by atoms with Crippen LogP contribution in [0.1, 0.15) is 138 Å². The van der Waals surface area contributed by atoms with Gasteiger partial charge in [0.1, 0.15) is 0 Å². The van der Waals surface area contributed by atoms with E-state index in [1.54, 1.807) is 0 Å². The molecule has 3 aliphatic rings. The highest BCUT2D eigenvalue weighted by molar-refractivity contribution is 9.11. The molecule has 3 saturated heterocycles. The Morgan fingerprint density at radius 2 is 0.604 bits per heavy atom. The fourth-order valence-electron chi connectivity index (χ4n) is 5.87. The van der Waals surface area contributed by atoms with Gasteiger partial charge in [-0.2, -0.15) is 57.1 Å². The molecule has 0 amide bonds. The zero-order valence-electron chi connectivity index (χ0n) is 52.8. The first-order valence-corrected chi connectivity index (χ1v) is 29.0. The van der Waals surface area contributed by atoms with Gasteiger partial charge in [0, 0.05) is 43.7 Å². The maximum atomic E-state index is 14.1. The number of ether oxygens (including phenoxy) is 3. The van der Waals surface area contributed by atoms with Crippen molar-refractivity contribution in [2.75, 3.05) is 0 Å². The number of alkyl halides is 12. The van der Waals surface area contributed by atoms with Gasteiger partial charge in [-0.05, 0) is 211 Å². The standard InChI is InChI=1S/C15H20BF4NO3.C12H24B2O4.2C9H8BrF4NO.C5H2BrF2N.C4H7F3O/c1-12(2)13(3,4)24-16(23-12)9-7-10(17)11(21-8-9)22-14(5,6)15(18,19)20;1-9(2)10(3,4)16-13(15-9)14-17-11(5,6)12(7,8)18-14;2*1-8(2,9(12,13)14)16-7-6(11)3-5(10)4-15-7;6-3-1-4(7)5(8)9-2-3;1-3(2,8)4(5,6)7/h7-8H,1-6H3;1-8H3;2*3-4H,1-2H3;1-2H;8H,1-2H3. The highest BCUT2D eigenvalue weighted by Crippen LogP contribution is 2.44. The number of halogens is 20. The number of pyridine rings is 4. The van der Waals surface area contributed by atoms with Gasteiger partial charge in [-0.1, -0.05) is 0 Å². The first-order chi connectivity index (χ1) is 40.3. The number of aliphatic hydroxyl groups is 1. The molecule has 0 radical (unpaired) electrons. The monoisotopic (exact) mass is 1530 g/mol. The Labute approximate surface area is 542 Å². The lowest BCUT2D eigenvalue weighted by Gasteiger charge is -2.32. The SMILES string of the molecule is CC(C)(O)C(F)(F)F.CC(C)(Oc1ncc(B2OC(C)(C)C(C)(C)O2)cc1F)C(F)(F)F.CC(C)(Oc1ncc(Br)cc1F)C(F)(F)F.CC(C)(Oc1ncc(Br)cc1F)C(F)(F)F.CC1(C)OB(B2OC(C)(C)C(C)(C)O2)OC1(C)C.Fc1cc(Br)cnc1F. The van der Waals surface area contributed by atoms with Crippen LogP contribution in [0.15, 0.2) is 62.5 Å². The van der Waals surface area contributed by atoms with Gasteiger partial charge in [-0.25, -0.2) is 37.5 Å². The van der Waals surface area contributed by atoms with Crippen molar-refractivity contribution in [1.29, 1.82) is 0 Å². The normalized spacial score (nSPS) is 18.4. The summed E-state index contributed by atoms with van der Waals surface area (Å²) in [7, 11) is -1.81. The minimum absolute atomic E-state index is 0.267. The van der Waals surface area contributed by atoms with Gasteiger partial charge in [-0.15, -0.1) is 0 Å². The summed E-state index contributed by atoms with van der Waals surface area (Å²) >= 11 is 8.80. The third-order valence-electron chi connectivity index (χ3n) is 14.2. The summed E-state index contributed by atoms with van der Waals surface area (Å²) in [6.07, 6.45) is -13.7. The molecule has 0 atom stereocenters. The van der Waals surface area contributed by atoms with E-state index >= 15 is 0 Å². The van der Waals surface area contributed by atoms with Crippen molar-refractivity contribution in [3.05, 3.63) is 91.7 Å². The molecule has 0 saturated carbocycles. The summed E-state index contributed by atoms with van der Waals surface area (Å²) in [6.45, 7) is 29.8. The molecule has 0 bridgehead atoms. The van der Waals surface area contributed by atoms with E-state index in [4.69, 9.17) is 37.8 Å². The van der Waals surface area contributed by atoms with Gasteiger partial charge in [0.25, 0.3) is 17.6 Å². The smallest absolute Gasteiger partial charge is 0.460 e. The van der Waals surface area contributed by atoms with Crippen LogP contribution in [0.3, 0.4) is 0 Å². The predicted molar refractivity (Wildman–Crippen MR) is 312 cm³/mol. The van der Waals surface area contributed by atoms with Crippen LogP contribution in [-0.2, 0) is 27.9 Å². The van der Waals surface area contributed by atoms with Crippen LogP contribution in [0.4, 0.5) is 74.6 Å². The first-order valence-electron chi connectivity index (χ1n) is 26.6. The van der Waals surface area contributed by atoms with Crippen LogP contribution in [0, 0.1) is 29.2 Å². The van der Waals surface area contributed by atoms with E-state index in [1.165, 1.54) is 12.4 Å². The Bertz CT molecular complexity index is 2910. The molecule has 37 heteroatoms. The molecule has 7 heterocycles. The van der Waals surface area contributed by atoms with Crippen molar-refractivity contribution in [2.45, 2.75) is 219 Å². The fraction of sp³-hybridized carbons (Fsp3) is 0.630. The van der Waals surface area contributed by atoms with Crippen LogP contribution in [-0.4, -0.2) is 127 Å². The summed E-state index contributed by atoms with van der Waals surface area (Å²) in [5.41, 5.74) is -12.5. The number of hydrogen-bond acceptors (Lipinski definition) is 14. The van der Waals surface area contributed by atoms with E-state index in [1.807, 2.05) is 83.1 Å². The maximum absolute atomic E-state index is 14.1. The molecule has 0 unspecified atom stereocenters.